The van der Waals surface area contributed by atoms with E-state index in [-0.39, 0.29) is 10.8 Å². The zero-order valence-electron chi connectivity index (χ0n) is 14.8. The summed E-state index contributed by atoms with van der Waals surface area (Å²) in [4.78, 5) is 12.7. The quantitative estimate of drug-likeness (QED) is 0.745. The zero-order chi connectivity index (χ0) is 18.5. The molecule has 2 rings (SSSR count). The van der Waals surface area contributed by atoms with Crippen LogP contribution in [0.1, 0.15) is 37.0 Å². The van der Waals surface area contributed by atoms with Gasteiger partial charge in [-0.3, -0.25) is 4.79 Å². The predicted molar refractivity (Wildman–Crippen MR) is 95.9 cm³/mol. The van der Waals surface area contributed by atoms with E-state index in [2.05, 4.69) is 5.32 Å². The number of nitrogens with zero attached hydrogens (tertiary/aromatic N) is 1. The van der Waals surface area contributed by atoms with Gasteiger partial charge in [0.1, 0.15) is 0 Å². The van der Waals surface area contributed by atoms with Crippen LogP contribution < -0.4 is 11.1 Å². The third kappa shape index (κ3) is 4.38. The fraction of sp³-hybridized carbons (Fsp3) is 0.588. The highest BCUT2D eigenvalue weighted by Crippen LogP contribution is 2.20. The number of benzene rings is 1. The molecule has 1 amide bonds. The van der Waals surface area contributed by atoms with Crippen LogP contribution in [-0.4, -0.2) is 57.0 Å². The van der Waals surface area contributed by atoms with Crippen LogP contribution in [0.5, 0.6) is 0 Å². The molecule has 1 aliphatic heterocycles. The number of nitrogens with one attached hydrogen (secondary N) is 1. The molecular weight excluding hydrogens is 342 g/mol. The molecule has 1 heterocycles. The minimum Gasteiger partial charge on any atom is -0.379 e. The number of hydrogen-bond acceptors (Lipinski definition) is 5. The minimum atomic E-state index is -3.63. The molecule has 0 aliphatic carbocycles. The Balaban J connectivity index is 2.24. The summed E-state index contributed by atoms with van der Waals surface area (Å²) in [6, 6.07) is 6.13. The number of morpholine rings is 1. The molecule has 0 saturated carbocycles. The average molecular weight is 369 g/mol. The second-order valence-electron chi connectivity index (χ2n) is 6.19. The van der Waals surface area contributed by atoms with Gasteiger partial charge in [0.25, 0.3) is 5.91 Å². The second-order valence-corrected chi connectivity index (χ2v) is 8.13. The molecule has 25 heavy (non-hydrogen) atoms. The van der Waals surface area contributed by atoms with Gasteiger partial charge in [-0.15, -0.1) is 0 Å². The molecule has 0 unspecified atom stereocenters. The Kier molecular flexibility index (Phi) is 6.56. The largest absolute Gasteiger partial charge is 0.379 e. The van der Waals surface area contributed by atoms with Crippen molar-refractivity contribution in [2.75, 3.05) is 32.8 Å². The van der Waals surface area contributed by atoms with Crippen LogP contribution in [0.3, 0.4) is 0 Å². The molecule has 1 aromatic carbocycles. The van der Waals surface area contributed by atoms with Crippen molar-refractivity contribution in [3.8, 4) is 0 Å². The Hall–Kier alpha value is -1.48. The maximum absolute atomic E-state index is 12.7. The van der Waals surface area contributed by atoms with Gasteiger partial charge in [0.05, 0.1) is 23.6 Å². The molecule has 8 heteroatoms. The van der Waals surface area contributed by atoms with Crippen molar-refractivity contribution in [3.05, 3.63) is 29.8 Å². The van der Waals surface area contributed by atoms with E-state index >= 15 is 0 Å². The molecule has 0 radical (unpaired) electrons. The van der Waals surface area contributed by atoms with Crippen molar-refractivity contribution >= 4 is 15.9 Å². The van der Waals surface area contributed by atoms with E-state index in [9.17, 15) is 13.2 Å². The van der Waals surface area contributed by atoms with Gasteiger partial charge in [0.15, 0.2) is 0 Å². The lowest BCUT2D eigenvalue weighted by molar-refractivity contribution is 0.0730. The maximum Gasteiger partial charge on any atom is 0.251 e. The molecule has 1 saturated heterocycles. The molecule has 0 bridgehead atoms. The molecule has 0 atom stereocenters. The van der Waals surface area contributed by atoms with Gasteiger partial charge in [0.2, 0.25) is 10.0 Å². The van der Waals surface area contributed by atoms with E-state index in [1.165, 1.54) is 16.4 Å². The summed E-state index contributed by atoms with van der Waals surface area (Å²) in [5, 5.41) is 2.96. The number of amides is 1. The Morgan fingerprint density at radius 3 is 2.48 bits per heavy atom. The molecule has 0 spiro atoms. The van der Waals surface area contributed by atoms with Crippen LogP contribution >= 0.6 is 0 Å². The van der Waals surface area contributed by atoms with Crippen LogP contribution in [0.25, 0.3) is 0 Å². The Morgan fingerprint density at radius 2 is 1.92 bits per heavy atom. The van der Waals surface area contributed by atoms with Crippen molar-refractivity contribution in [2.24, 2.45) is 5.73 Å². The van der Waals surface area contributed by atoms with Crippen molar-refractivity contribution < 1.29 is 17.9 Å². The number of sulfonamides is 1. The summed E-state index contributed by atoms with van der Waals surface area (Å²) in [5.74, 6) is -0.312. The summed E-state index contributed by atoms with van der Waals surface area (Å²) in [6.45, 7) is 5.67. The van der Waals surface area contributed by atoms with Crippen LogP contribution in [0.4, 0.5) is 0 Å². The summed E-state index contributed by atoms with van der Waals surface area (Å²) >= 11 is 0. The number of carbonyl (C=O) groups is 1. The van der Waals surface area contributed by atoms with E-state index in [1.807, 2.05) is 13.8 Å². The normalized spacial score (nSPS) is 16.6. The number of rotatable bonds is 7. The lowest BCUT2D eigenvalue weighted by atomic mass is 9.92. The summed E-state index contributed by atoms with van der Waals surface area (Å²) < 4.78 is 32.1. The first-order chi connectivity index (χ1) is 11.9. The minimum absolute atomic E-state index is 0.119. The fourth-order valence-corrected chi connectivity index (χ4v) is 4.27. The molecule has 0 aromatic heterocycles. The Morgan fingerprint density at radius 1 is 1.28 bits per heavy atom. The molecule has 1 aliphatic rings. The van der Waals surface area contributed by atoms with Crippen molar-refractivity contribution in [1.29, 1.82) is 0 Å². The van der Waals surface area contributed by atoms with E-state index in [0.717, 1.165) is 0 Å². The SMILES string of the molecule is CCC(CC)(CN)NC(=O)c1cccc(S(=O)(=O)N2CCOCC2)c1. The number of ether oxygens (including phenoxy) is 1. The van der Waals surface area contributed by atoms with Gasteiger partial charge in [-0.05, 0) is 31.0 Å². The number of carbonyl (C=O) groups excluding carboxylic acids is 1. The molecule has 1 fully saturated rings. The highest BCUT2D eigenvalue weighted by atomic mass is 32.2. The van der Waals surface area contributed by atoms with Crippen molar-refractivity contribution in [3.63, 3.8) is 0 Å². The number of nitrogens with two attached hydrogens (primary N) is 1. The van der Waals surface area contributed by atoms with Crippen molar-refractivity contribution in [1.82, 2.24) is 9.62 Å². The van der Waals surface area contributed by atoms with Gasteiger partial charge in [-0.2, -0.15) is 4.31 Å². The molecule has 1 aromatic rings. The van der Waals surface area contributed by atoms with E-state index < -0.39 is 15.6 Å². The van der Waals surface area contributed by atoms with E-state index in [0.29, 0.717) is 51.3 Å². The lowest BCUT2D eigenvalue weighted by Gasteiger charge is -2.31. The smallest absolute Gasteiger partial charge is 0.251 e. The highest BCUT2D eigenvalue weighted by molar-refractivity contribution is 7.89. The lowest BCUT2D eigenvalue weighted by Crippen LogP contribution is -2.52. The topological polar surface area (TPSA) is 102 Å². The van der Waals surface area contributed by atoms with Crippen LogP contribution in [0.15, 0.2) is 29.2 Å². The van der Waals surface area contributed by atoms with Crippen molar-refractivity contribution in [2.45, 2.75) is 37.1 Å². The first-order valence-corrected chi connectivity index (χ1v) is 10.0. The number of hydrogen-bond donors (Lipinski definition) is 2. The second kappa shape index (κ2) is 8.27. The van der Waals surface area contributed by atoms with Gasteiger partial charge >= 0.3 is 0 Å². The van der Waals surface area contributed by atoms with Crippen LogP contribution in [0, 0.1) is 0 Å². The fourth-order valence-electron chi connectivity index (χ4n) is 2.81. The van der Waals surface area contributed by atoms with Gasteiger partial charge in [0, 0.05) is 25.2 Å². The molecule has 7 nitrogen and oxygen atoms in total. The molecule has 140 valence electrons. The first-order valence-electron chi connectivity index (χ1n) is 8.59. The molecule has 3 N–H and O–H groups in total. The zero-order valence-corrected chi connectivity index (χ0v) is 15.6. The van der Waals surface area contributed by atoms with E-state index in [1.54, 1.807) is 12.1 Å². The third-order valence-corrected chi connectivity index (χ3v) is 6.72. The highest BCUT2D eigenvalue weighted by Gasteiger charge is 2.29. The van der Waals surface area contributed by atoms with E-state index in [4.69, 9.17) is 10.5 Å². The third-order valence-electron chi connectivity index (χ3n) is 4.83. The predicted octanol–water partition coefficient (Wildman–Crippen LogP) is 0.955. The van der Waals surface area contributed by atoms with Crippen LogP contribution in [-0.2, 0) is 14.8 Å². The molecular formula is C17H27N3O4S. The first kappa shape index (κ1) is 19.8. The van der Waals surface area contributed by atoms with Gasteiger partial charge in [-0.25, -0.2) is 8.42 Å². The van der Waals surface area contributed by atoms with Crippen LogP contribution in [0.2, 0.25) is 0 Å². The average Bonchev–Trinajstić information content (AvgIpc) is 2.67. The monoisotopic (exact) mass is 369 g/mol. The summed E-state index contributed by atoms with van der Waals surface area (Å²) in [7, 11) is -3.63. The van der Waals surface area contributed by atoms with Gasteiger partial charge < -0.3 is 15.8 Å². The maximum atomic E-state index is 12.7. The summed E-state index contributed by atoms with van der Waals surface area (Å²) in [6.07, 6.45) is 1.41. The Labute approximate surface area is 149 Å². The Bertz CT molecular complexity index is 687. The summed E-state index contributed by atoms with van der Waals surface area (Å²) in [5.41, 5.74) is 5.66. The van der Waals surface area contributed by atoms with Gasteiger partial charge in [-0.1, -0.05) is 19.9 Å². The standard InChI is InChI=1S/C17H27N3O4S/c1-3-17(4-2,13-18)19-16(21)14-6-5-7-15(12-14)25(22,23)20-8-10-24-11-9-20/h5-7,12H,3-4,8-11,13,18H2,1-2H3,(H,19,21).